The van der Waals surface area contributed by atoms with Crippen molar-refractivity contribution in [2.75, 3.05) is 39.6 Å². The maximum Gasteiger partial charge on any atom is 0.165 e. The van der Waals surface area contributed by atoms with Gasteiger partial charge < -0.3 is 18.9 Å². The van der Waals surface area contributed by atoms with Gasteiger partial charge in [0.15, 0.2) is 11.5 Å². The van der Waals surface area contributed by atoms with Gasteiger partial charge in [-0.15, -0.1) is 0 Å². The Morgan fingerprint density at radius 1 is 0.441 bits per heavy atom. The van der Waals surface area contributed by atoms with E-state index in [0.717, 1.165) is 11.5 Å². The van der Waals surface area contributed by atoms with Crippen LogP contribution in [-0.2, 0) is 9.47 Å². The highest BCUT2D eigenvalue weighted by atomic mass is 16.6. The summed E-state index contributed by atoms with van der Waals surface area (Å²) in [5.74, 6) is 4.02. The maximum absolute atomic E-state index is 6.72. The summed E-state index contributed by atoms with van der Waals surface area (Å²) in [6.45, 7) is 3.65. The van der Waals surface area contributed by atoms with Crippen molar-refractivity contribution in [3.05, 3.63) is 22.8 Å². The highest BCUT2D eigenvalue weighted by Crippen LogP contribution is 2.52. The molecule has 0 saturated heterocycles. The predicted octanol–water partition coefficient (Wildman–Crippen LogP) is 7.63. The smallest absolute Gasteiger partial charge is 0.165 e. The summed E-state index contributed by atoms with van der Waals surface area (Å²) in [4.78, 5) is 0. The minimum atomic E-state index is 0.586. The lowest BCUT2D eigenvalue weighted by Crippen LogP contribution is -2.21. The predicted molar refractivity (Wildman–Crippen MR) is 137 cm³/mol. The van der Waals surface area contributed by atoms with Crippen LogP contribution < -0.4 is 9.47 Å². The van der Waals surface area contributed by atoms with Crippen LogP contribution in [0, 0.1) is 0 Å². The number of ether oxygens (including phenoxy) is 4. The summed E-state index contributed by atoms with van der Waals surface area (Å²) in [5.41, 5.74) is 4.57. The van der Waals surface area contributed by atoms with Crippen molar-refractivity contribution in [1.29, 1.82) is 0 Å². The van der Waals surface area contributed by atoms with Crippen molar-refractivity contribution >= 4 is 0 Å². The molecular weight excluding hydrogens is 424 g/mol. The normalized spacial score (nSPS) is 24.8. The minimum absolute atomic E-state index is 0.586. The van der Waals surface area contributed by atoms with Crippen molar-refractivity contribution in [3.8, 4) is 11.5 Å². The Balaban J connectivity index is 1.62. The molecule has 5 rings (SSSR count). The van der Waals surface area contributed by atoms with E-state index >= 15 is 0 Å². The summed E-state index contributed by atoms with van der Waals surface area (Å²) in [7, 11) is 0. The zero-order chi connectivity index (χ0) is 23.0. The third-order valence-corrected chi connectivity index (χ3v) is 8.76. The molecule has 0 aromatic heterocycles. The Morgan fingerprint density at radius 3 is 1.44 bits per heavy atom. The summed E-state index contributed by atoms with van der Waals surface area (Å²) < 4.78 is 24.9. The molecule has 190 valence electrons. The minimum Gasteiger partial charge on any atom is -0.487 e. The van der Waals surface area contributed by atoms with E-state index < -0.39 is 0 Å². The molecule has 4 aliphatic rings. The molecule has 0 N–H and O–H groups in total. The maximum atomic E-state index is 6.72. The second kappa shape index (κ2) is 12.6. The van der Waals surface area contributed by atoms with Gasteiger partial charge in [-0.1, -0.05) is 63.9 Å². The van der Waals surface area contributed by atoms with Gasteiger partial charge >= 0.3 is 0 Å². The fourth-order valence-corrected chi connectivity index (χ4v) is 7.00. The van der Waals surface area contributed by atoms with E-state index in [9.17, 15) is 0 Å². The lowest BCUT2D eigenvalue weighted by molar-refractivity contribution is 0.0218. The highest BCUT2D eigenvalue weighted by molar-refractivity contribution is 5.59. The van der Waals surface area contributed by atoms with Gasteiger partial charge in [0.05, 0.1) is 26.4 Å². The topological polar surface area (TPSA) is 36.9 Å². The zero-order valence-electron chi connectivity index (χ0n) is 21.3. The molecular formula is C30H46O4. The molecule has 4 nitrogen and oxygen atoms in total. The molecule has 4 heteroatoms. The fraction of sp³-hybridized carbons (Fsp3) is 0.800. The SMILES string of the molecule is c1c(C2CCCCC2)c2c(c(C3CCCCC3)c1C1CCCCC1)OCCOCCOCCO2. The molecule has 1 aromatic rings. The van der Waals surface area contributed by atoms with E-state index in [1.54, 1.807) is 5.56 Å². The van der Waals surface area contributed by atoms with Gasteiger partial charge in [-0.2, -0.15) is 0 Å². The highest BCUT2D eigenvalue weighted by Gasteiger charge is 2.33. The van der Waals surface area contributed by atoms with Gasteiger partial charge in [-0.05, 0) is 61.8 Å². The van der Waals surface area contributed by atoms with Gasteiger partial charge in [0.25, 0.3) is 0 Å². The number of benzene rings is 1. The molecule has 0 unspecified atom stereocenters. The first-order chi connectivity index (χ1) is 16.9. The van der Waals surface area contributed by atoms with Crippen molar-refractivity contribution in [3.63, 3.8) is 0 Å². The molecule has 0 bridgehead atoms. The average Bonchev–Trinajstić information content (AvgIpc) is 2.90. The van der Waals surface area contributed by atoms with Crippen molar-refractivity contribution in [2.45, 2.75) is 114 Å². The monoisotopic (exact) mass is 470 g/mol. The third-order valence-electron chi connectivity index (χ3n) is 8.76. The standard InChI is InChI=1S/C30H46O4/c1-4-10-23(11-5-1)26-22-27(24-12-6-2-7-13-24)29-30(28(26)25-14-8-3-9-15-25)34-21-19-32-17-16-31-18-20-33-29/h22-25H,1-21H2. The van der Waals surface area contributed by atoms with E-state index in [1.807, 2.05) is 0 Å². The van der Waals surface area contributed by atoms with Crippen molar-refractivity contribution < 1.29 is 18.9 Å². The van der Waals surface area contributed by atoms with E-state index in [-0.39, 0.29) is 0 Å². The molecule has 0 atom stereocenters. The van der Waals surface area contributed by atoms with Gasteiger partial charge in [0, 0.05) is 11.1 Å². The quantitative estimate of drug-likeness (QED) is 0.455. The molecule has 1 heterocycles. The zero-order valence-corrected chi connectivity index (χ0v) is 21.3. The molecule has 3 saturated carbocycles. The van der Waals surface area contributed by atoms with Crippen LogP contribution in [0.25, 0.3) is 0 Å². The van der Waals surface area contributed by atoms with Gasteiger partial charge in [0.1, 0.15) is 13.2 Å². The molecule has 34 heavy (non-hydrogen) atoms. The van der Waals surface area contributed by atoms with Crippen LogP contribution in [0.1, 0.15) is 131 Å². The molecule has 0 spiro atoms. The molecule has 3 aliphatic carbocycles. The van der Waals surface area contributed by atoms with Crippen LogP contribution in [0.3, 0.4) is 0 Å². The summed E-state index contributed by atoms with van der Waals surface area (Å²) in [6.07, 6.45) is 20.0. The van der Waals surface area contributed by atoms with Crippen LogP contribution in [0.5, 0.6) is 11.5 Å². The van der Waals surface area contributed by atoms with E-state index in [0.29, 0.717) is 57.4 Å². The lowest BCUT2D eigenvalue weighted by atomic mass is 9.73. The fourth-order valence-electron chi connectivity index (χ4n) is 7.00. The number of rotatable bonds is 3. The Kier molecular flexibility index (Phi) is 9.07. The number of fused-ring (bicyclic) bond motifs is 1. The van der Waals surface area contributed by atoms with Crippen LogP contribution in [0.4, 0.5) is 0 Å². The van der Waals surface area contributed by atoms with E-state index in [4.69, 9.17) is 18.9 Å². The molecule has 1 aromatic carbocycles. The molecule has 0 amide bonds. The van der Waals surface area contributed by atoms with E-state index in [1.165, 1.54) is 107 Å². The van der Waals surface area contributed by atoms with Crippen LogP contribution in [0.15, 0.2) is 6.07 Å². The Bertz CT molecular complexity index is 758. The summed E-state index contributed by atoms with van der Waals surface area (Å²) in [5, 5.41) is 0. The number of hydrogen-bond acceptors (Lipinski definition) is 4. The van der Waals surface area contributed by atoms with Crippen molar-refractivity contribution in [1.82, 2.24) is 0 Å². The average molecular weight is 471 g/mol. The van der Waals surface area contributed by atoms with Gasteiger partial charge in [-0.3, -0.25) is 0 Å². The number of hydrogen-bond donors (Lipinski definition) is 0. The summed E-state index contributed by atoms with van der Waals surface area (Å²) in [6, 6.07) is 2.63. The van der Waals surface area contributed by atoms with Crippen molar-refractivity contribution in [2.24, 2.45) is 0 Å². The molecule has 3 fully saturated rings. The third kappa shape index (κ3) is 5.93. The first-order valence-corrected chi connectivity index (χ1v) is 14.5. The second-order valence-corrected chi connectivity index (χ2v) is 11.1. The van der Waals surface area contributed by atoms with Gasteiger partial charge in [-0.25, -0.2) is 0 Å². The second-order valence-electron chi connectivity index (χ2n) is 11.1. The molecule has 0 radical (unpaired) electrons. The van der Waals surface area contributed by atoms with Crippen LogP contribution in [0.2, 0.25) is 0 Å². The lowest BCUT2D eigenvalue weighted by Gasteiger charge is -2.35. The van der Waals surface area contributed by atoms with Gasteiger partial charge in [0.2, 0.25) is 0 Å². The first kappa shape index (κ1) is 24.4. The van der Waals surface area contributed by atoms with Crippen LogP contribution in [-0.4, -0.2) is 39.6 Å². The first-order valence-electron chi connectivity index (χ1n) is 14.5. The Morgan fingerprint density at radius 2 is 0.882 bits per heavy atom. The van der Waals surface area contributed by atoms with E-state index in [2.05, 4.69) is 6.07 Å². The molecule has 1 aliphatic heterocycles. The Hall–Kier alpha value is -1.26. The summed E-state index contributed by atoms with van der Waals surface area (Å²) >= 11 is 0. The van der Waals surface area contributed by atoms with Crippen LogP contribution >= 0.6 is 0 Å². The largest absolute Gasteiger partial charge is 0.487 e. The Labute approximate surface area is 207 Å².